The predicted octanol–water partition coefficient (Wildman–Crippen LogP) is 2.86. The second-order valence-electron chi connectivity index (χ2n) is 5.52. The van der Waals surface area contributed by atoms with Crippen LogP contribution in [0.1, 0.15) is 5.69 Å². The molecule has 0 aliphatic rings. The van der Waals surface area contributed by atoms with Gasteiger partial charge in [-0.3, -0.25) is 14.2 Å². The number of rotatable bonds is 5. The Morgan fingerprint density at radius 2 is 2.12 bits per heavy atom. The Hall–Kier alpha value is -3.26. The fraction of sp³-hybridized carbons (Fsp3) is 0.111. The number of thiophene rings is 1. The molecule has 0 N–H and O–H groups in total. The smallest absolute Gasteiger partial charge is 0.326 e. The number of ether oxygens (including phenoxy) is 1. The van der Waals surface area contributed by atoms with Gasteiger partial charge in [0.15, 0.2) is 5.76 Å². The van der Waals surface area contributed by atoms with Crippen molar-refractivity contribution in [2.45, 2.75) is 13.2 Å². The first-order chi connectivity index (χ1) is 12.7. The van der Waals surface area contributed by atoms with E-state index in [2.05, 4.69) is 10.1 Å². The molecule has 0 aliphatic heterocycles. The molecule has 4 aromatic rings. The molecule has 26 heavy (non-hydrogen) atoms. The Kier molecular flexibility index (Phi) is 4.32. The summed E-state index contributed by atoms with van der Waals surface area (Å²) in [5.41, 5.74) is 0.811. The molecule has 0 spiro atoms. The van der Waals surface area contributed by atoms with Gasteiger partial charge in [-0.15, -0.1) is 11.3 Å². The van der Waals surface area contributed by atoms with Crippen molar-refractivity contribution in [2.75, 3.05) is 0 Å². The van der Waals surface area contributed by atoms with E-state index < -0.39 is 5.97 Å². The summed E-state index contributed by atoms with van der Waals surface area (Å²) in [5, 5.41) is 6.28. The van der Waals surface area contributed by atoms with Gasteiger partial charge in [0.05, 0.1) is 22.1 Å². The maximum absolute atomic E-state index is 12.4. The van der Waals surface area contributed by atoms with Gasteiger partial charge in [-0.1, -0.05) is 23.4 Å². The minimum Gasteiger partial charge on any atom is -0.458 e. The van der Waals surface area contributed by atoms with E-state index in [0.29, 0.717) is 22.4 Å². The molecule has 0 fully saturated rings. The average molecular weight is 367 g/mol. The second-order valence-corrected chi connectivity index (χ2v) is 6.46. The number of carbonyl (C=O) groups is 1. The van der Waals surface area contributed by atoms with Crippen LogP contribution in [-0.2, 0) is 22.7 Å². The standard InChI is InChI=1S/C18H13N3O4S/c22-17(9-21-11-19-14-5-2-1-4-13(14)18(21)23)24-10-12-8-15(25-20-12)16-6-3-7-26-16/h1-8,11H,9-10H2. The van der Waals surface area contributed by atoms with Gasteiger partial charge in [-0.05, 0) is 23.6 Å². The molecule has 3 heterocycles. The molecule has 4 rings (SSSR count). The minimum absolute atomic E-state index is 0.0243. The summed E-state index contributed by atoms with van der Waals surface area (Å²) in [6, 6.07) is 12.5. The van der Waals surface area contributed by atoms with E-state index in [1.807, 2.05) is 17.5 Å². The molecule has 0 atom stereocenters. The van der Waals surface area contributed by atoms with Crippen LogP contribution in [0.25, 0.3) is 21.5 Å². The lowest BCUT2D eigenvalue weighted by Gasteiger charge is -2.06. The molecule has 0 radical (unpaired) electrons. The van der Waals surface area contributed by atoms with Gasteiger partial charge >= 0.3 is 5.97 Å². The topological polar surface area (TPSA) is 87.2 Å². The van der Waals surface area contributed by atoms with E-state index in [1.54, 1.807) is 30.3 Å². The van der Waals surface area contributed by atoms with Crippen molar-refractivity contribution in [3.63, 3.8) is 0 Å². The number of hydrogen-bond acceptors (Lipinski definition) is 7. The molecule has 0 saturated carbocycles. The average Bonchev–Trinajstić information content (AvgIpc) is 3.34. The maximum Gasteiger partial charge on any atom is 0.326 e. The number of benzene rings is 1. The highest BCUT2D eigenvalue weighted by atomic mass is 32.1. The third-order valence-electron chi connectivity index (χ3n) is 3.73. The lowest BCUT2D eigenvalue weighted by molar-refractivity contribution is -0.145. The fourth-order valence-electron chi connectivity index (χ4n) is 2.47. The summed E-state index contributed by atoms with van der Waals surface area (Å²) < 4.78 is 11.6. The number of fused-ring (bicyclic) bond motifs is 1. The summed E-state index contributed by atoms with van der Waals surface area (Å²) in [6.45, 7) is -0.240. The summed E-state index contributed by atoms with van der Waals surface area (Å²) in [6.07, 6.45) is 1.34. The van der Waals surface area contributed by atoms with E-state index in [4.69, 9.17) is 9.26 Å². The summed E-state index contributed by atoms with van der Waals surface area (Å²) in [5.74, 6) is 0.0749. The number of carbonyl (C=O) groups excluding carboxylic acids is 1. The molecule has 3 aromatic heterocycles. The van der Waals surface area contributed by atoms with Gasteiger partial charge in [-0.25, -0.2) is 4.98 Å². The first-order valence-electron chi connectivity index (χ1n) is 7.80. The largest absolute Gasteiger partial charge is 0.458 e. The van der Waals surface area contributed by atoms with Crippen molar-refractivity contribution in [2.24, 2.45) is 0 Å². The summed E-state index contributed by atoms with van der Waals surface area (Å²) in [7, 11) is 0. The molecule has 0 amide bonds. The fourth-order valence-corrected chi connectivity index (χ4v) is 3.15. The molecule has 8 heteroatoms. The third-order valence-corrected chi connectivity index (χ3v) is 4.62. The van der Waals surface area contributed by atoms with E-state index >= 15 is 0 Å². The lowest BCUT2D eigenvalue weighted by atomic mass is 10.2. The van der Waals surface area contributed by atoms with Crippen molar-refractivity contribution in [3.05, 3.63) is 70.2 Å². The van der Waals surface area contributed by atoms with Crippen molar-refractivity contribution in [3.8, 4) is 10.6 Å². The molecule has 1 aromatic carbocycles. The van der Waals surface area contributed by atoms with Crippen LogP contribution in [-0.4, -0.2) is 20.7 Å². The Labute approximate surface area is 151 Å². The van der Waals surface area contributed by atoms with E-state index in [1.165, 1.54) is 22.2 Å². The van der Waals surface area contributed by atoms with Crippen LogP contribution < -0.4 is 5.56 Å². The second kappa shape index (κ2) is 6.93. The zero-order chi connectivity index (χ0) is 17.9. The molecule has 7 nitrogen and oxygen atoms in total. The van der Waals surface area contributed by atoms with Gasteiger partial charge in [0.1, 0.15) is 18.8 Å². The van der Waals surface area contributed by atoms with Gasteiger partial charge in [0, 0.05) is 6.07 Å². The van der Waals surface area contributed by atoms with Gasteiger partial charge in [-0.2, -0.15) is 0 Å². The number of aromatic nitrogens is 3. The Balaban J connectivity index is 1.42. The van der Waals surface area contributed by atoms with Crippen LogP contribution in [0.5, 0.6) is 0 Å². The lowest BCUT2D eigenvalue weighted by Crippen LogP contribution is -2.25. The molecule has 0 unspecified atom stereocenters. The van der Waals surface area contributed by atoms with Gasteiger partial charge in [0.25, 0.3) is 5.56 Å². The first-order valence-corrected chi connectivity index (χ1v) is 8.68. The SMILES string of the molecule is O=C(Cn1cnc2ccccc2c1=O)OCc1cc(-c2cccs2)on1. The van der Waals surface area contributed by atoms with E-state index in [-0.39, 0.29) is 18.7 Å². The molecular weight excluding hydrogens is 354 g/mol. The summed E-state index contributed by atoms with van der Waals surface area (Å²) in [4.78, 5) is 29.5. The maximum atomic E-state index is 12.4. The Bertz CT molecular complexity index is 1110. The molecule has 0 bridgehead atoms. The minimum atomic E-state index is -0.551. The molecule has 0 aliphatic carbocycles. The third kappa shape index (κ3) is 3.27. The van der Waals surface area contributed by atoms with Gasteiger partial charge in [0.2, 0.25) is 0 Å². The van der Waals surface area contributed by atoms with Crippen LogP contribution in [0.2, 0.25) is 0 Å². The van der Waals surface area contributed by atoms with Crippen molar-refractivity contribution >= 4 is 28.2 Å². The molecular formula is C18H13N3O4S. The number of esters is 1. The number of nitrogens with zero attached hydrogens (tertiary/aromatic N) is 3. The van der Waals surface area contributed by atoms with Crippen molar-refractivity contribution in [1.29, 1.82) is 0 Å². The van der Waals surface area contributed by atoms with Crippen LogP contribution >= 0.6 is 11.3 Å². The van der Waals surface area contributed by atoms with Crippen LogP contribution in [0.3, 0.4) is 0 Å². The highest BCUT2D eigenvalue weighted by Gasteiger charge is 2.12. The van der Waals surface area contributed by atoms with E-state index in [0.717, 1.165) is 4.88 Å². The predicted molar refractivity (Wildman–Crippen MR) is 95.6 cm³/mol. The van der Waals surface area contributed by atoms with Crippen LogP contribution in [0, 0.1) is 0 Å². The molecule has 130 valence electrons. The number of hydrogen-bond donors (Lipinski definition) is 0. The van der Waals surface area contributed by atoms with Gasteiger partial charge < -0.3 is 9.26 Å². The highest BCUT2D eigenvalue weighted by molar-refractivity contribution is 7.13. The normalized spacial score (nSPS) is 10.9. The van der Waals surface area contributed by atoms with Crippen LogP contribution in [0.4, 0.5) is 0 Å². The summed E-state index contributed by atoms with van der Waals surface area (Å²) >= 11 is 1.53. The van der Waals surface area contributed by atoms with Crippen LogP contribution in [0.15, 0.2) is 63.5 Å². The Morgan fingerprint density at radius 3 is 2.96 bits per heavy atom. The zero-order valence-corrected chi connectivity index (χ0v) is 14.3. The highest BCUT2D eigenvalue weighted by Crippen LogP contribution is 2.25. The van der Waals surface area contributed by atoms with E-state index in [9.17, 15) is 9.59 Å². The van der Waals surface area contributed by atoms with Crippen molar-refractivity contribution < 1.29 is 14.1 Å². The monoisotopic (exact) mass is 367 g/mol. The van der Waals surface area contributed by atoms with Crippen molar-refractivity contribution in [1.82, 2.24) is 14.7 Å². The first kappa shape index (κ1) is 16.2. The molecule has 0 saturated heterocycles. The Morgan fingerprint density at radius 1 is 1.23 bits per heavy atom. The zero-order valence-electron chi connectivity index (χ0n) is 13.5. The number of para-hydroxylation sites is 1. The quantitative estimate of drug-likeness (QED) is 0.504.